The number of nitrogens with zero attached hydrogens (tertiary/aromatic N) is 3. The molecule has 5 heteroatoms. The van der Waals surface area contributed by atoms with Crippen molar-refractivity contribution in [3.63, 3.8) is 0 Å². The van der Waals surface area contributed by atoms with Crippen LogP contribution in [0.4, 0.5) is 11.8 Å². The van der Waals surface area contributed by atoms with Crippen LogP contribution < -0.4 is 10.6 Å². The summed E-state index contributed by atoms with van der Waals surface area (Å²) in [4.78, 5) is 10.8. The maximum absolute atomic E-state index is 4.45. The van der Waals surface area contributed by atoms with Crippen molar-refractivity contribution < 1.29 is 0 Å². The van der Waals surface area contributed by atoms with Gasteiger partial charge in [0.25, 0.3) is 0 Å². The Morgan fingerprint density at radius 3 is 2.65 bits per heavy atom. The molecule has 1 aromatic rings. The SMILES string of the molecule is CCCNc1ncc(C)c(NCCN(C)C)n1. The van der Waals surface area contributed by atoms with E-state index in [2.05, 4.69) is 46.5 Å². The van der Waals surface area contributed by atoms with Gasteiger partial charge in [0.15, 0.2) is 0 Å². The molecule has 0 unspecified atom stereocenters. The zero-order chi connectivity index (χ0) is 12.7. The van der Waals surface area contributed by atoms with E-state index in [9.17, 15) is 0 Å². The van der Waals surface area contributed by atoms with Crippen LogP contribution in [0.3, 0.4) is 0 Å². The van der Waals surface area contributed by atoms with E-state index < -0.39 is 0 Å². The van der Waals surface area contributed by atoms with Gasteiger partial charge in [0.2, 0.25) is 5.95 Å². The number of aromatic nitrogens is 2. The molecule has 5 nitrogen and oxygen atoms in total. The van der Waals surface area contributed by atoms with Gasteiger partial charge >= 0.3 is 0 Å². The van der Waals surface area contributed by atoms with Gasteiger partial charge in [-0.2, -0.15) is 4.98 Å². The highest BCUT2D eigenvalue weighted by Crippen LogP contribution is 2.11. The molecule has 2 N–H and O–H groups in total. The topological polar surface area (TPSA) is 53.1 Å². The second-order valence-electron chi connectivity index (χ2n) is 4.38. The van der Waals surface area contributed by atoms with Crippen molar-refractivity contribution in [2.45, 2.75) is 20.3 Å². The van der Waals surface area contributed by atoms with Crippen molar-refractivity contribution in [3.8, 4) is 0 Å². The molecule has 0 aliphatic carbocycles. The highest BCUT2D eigenvalue weighted by molar-refractivity contribution is 5.46. The van der Waals surface area contributed by atoms with Crippen LogP contribution >= 0.6 is 0 Å². The quantitative estimate of drug-likeness (QED) is 0.754. The number of hydrogen-bond donors (Lipinski definition) is 2. The number of rotatable bonds is 7. The fourth-order valence-electron chi connectivity index (χ4n) is 1.34. The lowest BCUT2D eigenvalue weighted by Gasteiger charge is -2.13. The molecule has 0 bridgehead atoms. The van der Waals surface area contributed by atoms with Crippen molar-refractivity contribution in [2.24, 2.45) is 0 Å². The van der Waals surface area contributed by atoms with Crippen molar-refractivity contribution in [1.29, 1.82) is 0 Å². The highest BCUT2D eigenvalue weighted by atomic mass is 15.2. The van der Waals surface area contributed by atoms with E-state index in [0.29, 0.717) is 5.95 Å². The fraction of sp³-hybridized carbons (Fsp3) is 0.667. The summed E-state index contributed by atoms with van der Waals surface area (Å²) in [5.41, 5.74) is 1.07. The molecular formula is C12H23N5. The standard InChI is InChI=1S/C12H23N5/c1-5-6-14-12-15-9-10(2)11(16-12)13-7-8-17(3)4/h9H,5-8H2,1-4H3,(H2,13,14,15,16). The molecule has 0 saturated heterocycles. The summed E-state index contributed by atoms with van der Waals surface area (Å²) in [7, 11) is 4.12. The molecule has 1 aromatic heterocycles. The monoisotopic (exact) mass is 237 g/mol. The number of anilines is 2. The van der Waals surface area contributed by atoms with Gasteiger partial charge in [-0.3, -0.25) is 0 Å². The Bertz CT molecular complexity index is 338. The zero-order valence-electron chi connectivity index (χ0n) is 11.2. The molecule has 0 radical (unpaired) electrons. The van der Waals surface area contributed by atoms with Crippen LogP contribution in [0.2, 0.25) is 0 Å². The van der Waals surface area contributed by atoms with Crippen LogP contribution in [-0.4, -0.2) is 48.6 Å². The number of hydrogen-bond acceptors (Lipinski definition) is 5. The van der Waals surface area contributed by atoms with E-state index in [1.165, 1.54) is 0 Å². The van der Waals surface area contributed by atoms with Gasteiger partial charge in [0.05, 0.1) is 0 Å². The van der Waals surface area contributed by atoms with Crippen molar-refractivity contribution in [1.82, 2.24) is 14.9 Å². The predicted octanol–water partition coefficient (Wildman–Crippen LogP) is 1.58. The minimum absolute atomic E-state index is 0.699. The average molecular weight is 237 g/mol. The summed E-state index contributed by atoms with van der Waals surface area (Å²) in [5, 5.41) is 6.52. The first kappa shape index (κ1) is 13.7. The van der Waals surface area contributed by atoms with Crippen molar-refractivity contribution in [3.05, 3.63) is 11.8 Å². The fourth-order valence-corrected chi connectivity index (χ4v) is 1.34. The van der Waals surface area contributed by atoms with E-state index in [-0.39, 0.29) is 0 Å². The molecule has 0 spiro atoms. The maximum Gasteiger partial charge on any atom is 0.224 e. The second-order valence-corrected chi connectivity index (χ2v) is 4.38. The van der Waals surface area contributed by atoms with Crippen LogP contribution in [0.1, 0.15) is 18.9 Å². The van der Waals surface area contributed by atoms with Crippen LogP contribution in [-0.2, 0) is 0 Å². The van der Waals surface area contributed by atoms with Gasteiger partial charge in [0, 0.05) is 31.4 Å². The Kier molecular flexibility index (Phi) is 5.69. The van der Waals surface area contributed by atoms with E-state index >= 15 is 0 Å². The molecule has 0 aliphatic heterocycles. The summed E-state index contributed by atoms with van der Waals surface area (Å²) in [5.74, 6) is 1.62. The van der Waals surface area contributed by atoms with Gasteiger partial charge in [-0.05, 0) is 27.4 Å². The lowest BCUT2D eigenvalue weighted by atomic mass is 10.3. The van der Waals surface area contributed by atoms with Gasteiger partial charge in [0.1, 0.15) is 5.82 Å². The smallest absolute Gasteiger partial charge is 0.224 e. The van der Waals surface area contributed by atoms with Crippen LogP contribution in [0.15, 0.2) is 6.20 Å². The molecule has 0 atom stereocenters. The largest absolute Gasteiger partial charge is 0.368 e. The molecule has 0 amide bonds. The second kappa shape index (κ2) is 7.06. The summed E-state index contributed by atoms with van der Waals surface area (Å²) < 4.78 is 0. The van der Waals surface area contributed by atoms with E-state index in [1.54, 1.807) is 0 Å². The third-order valence-corrected chi connectivity index (χ3v) is 2.36. The van der Waals surface area contributed by atoms with Gasteiger partial charge in [-0.25, -0.2) is 4.98 Å². The first-order valence-corrected chi connectivity index (χ1v) is 6.09. The van der Waals surface area contributed by atoms with E-state index in [4.69, 9.17) is 0 Å². The number of aryl methyl sites for hydroxylation is 1. The summed E-state index contributed by atoms with van der Waals surface area (Å²) >= 11 is 0. The minimum Gasteiger partial charge on any atom is -0.368 e. The van der Waals surface area contributed by atoms with Crippen molar-refractivity contribution >= 4 is 11.8 Å². The predicted molar refractivity (Wildman–Crippen MR) is 72.6 cm³/mol. The normalized spacial score (nSPS) is 10.6. The highest BCUT2D eigenvalue weighted by Gasteiger charge is 2.02. The molecule has 96 valence electrons. The molecule has 17 heavy (non-hydrogen) atoms. The molecule has 0 aliphatic rings. The Morgan fingerprint density at radius 2 is 2.00 bits per heavy atom. The molecule has 0 aromatic carbocycles. The average Bonchev–Trinajstić information content (AvgIpc) is 2.29. The maximum atomic E-state index is 4.45. The van der Waals surface area contributed by atoms with Gasteiger partial charge in [-0.1, -0.05) is 6.92 Å². The summed E-state index contributed by atoms with van der Waals surface area (Å²) in [6.07, 6.45) is 2.92. The zero-order valence-corrected chi connectivity index (χ0v) is 11.2. The van der Waals surface area contributed by atoms with Gasteiger partial charge < -0.3 is 15.5 Å². The first-order valence-electron chi connectivity index (χ1n) is 6.09. The summed E-state index contributed by atoms with van der Waals surface area (Å²) in [6.45, 7) is 6.92. The lowest BCUT2D eigenvalue weighted by molar-refractivity contribution is 0.425. The van der Waals surface area contributed by atoms with Crippen LogP contribution in [0.25, 0.3) is 0 Å². The Morgan fingerprint density at radius 1 is 1.24 bits per heavy atom. The molecular weight excluding hydrogens is 214 g/mol. The van der Waals surface area contributed by atoms with Gasteiger partial charge in [-0.15, -0.1) is 0 Å². The molecule has 0 fully saturated rings. The Labute approximate surface area is 104 Å². The molecule has 1 heterocycles. The number of likely N-dealkylation sites (N-methyl/N-ethyl adjacent to an activating group) is 1. The lowest BCUT2D eigenvalue weighted by Crippen LogP contribution is -2.21. The third kappa shape index (κ3) is 4.99. The number of nitrogens with one attached hydrogen (secondary N) is 2. The Hall–Kier alpha value is -1.36. The molecule has 1 rings (SSSR count). The van der Waals surface area contributed by atoms with Crippen LogP contribution in [0.5, 0.6) is 0 Å². The first-order chi connectivity index (χ1) is 8.13. The van der Waals surface area contributed by atoms with Crippen LogP contribution in [0, 0.1) is 6.92 Å². The third-order valence-electron chi connectivity index (χ3n) is 2.36. The summed E-state index contributed by atoms with van der Waals surface area (Å²) in [6, 6.07) is 0. The van der Waals surface area contributed by atoms with Crippen molar-refractivity contribution in [2.75, 3.05) is 44.4 Å². The molecule has 0 saturated carbocycles. The minimum atomic E-state index is 0.699. The van der Waals surface area contributed by atoms with E-state index in [0.717, 1.165) is 37.4 Å². The Balaban J connectivity index is 2.56. The van der Waals surface area contributed by atoms with E-state index in [1.807, 2.05) is 13.1 Å².